The maximum atomic E-state index is 12.0. The second kappa shape index (κ2) is 5.74. The van der Waals surface area contributed by atoms with Gasteiger partial charge in [-0.25, -0.2) is 4.79 Å². The van der Waals surface area contributed by atoms with Crippen LogP contribution in [0.15, 0.2) is 41.8 Å². The van der Waals surface area contributed by atoms with Gasteiger partial charge in [-0.1, -0.05) is 18.2 Å². The van der Waals surface area contributed by atoms with Crippen LogP contribution in [-0.4, -0.2) is 25.7 Å². The first-order valence-electron chi connectivity index (χ1n) is 7.62. The third kappa shape index (κ3) is 2.62. The van der Waals surface area contributed by atoms with Gasteiger partial charge in [-0.15, -0.1) is 11.3 Å². The molecule has 2 N–H and O–H groups in total. The minimum atomic E-state index is -0.359. The van der Waals surface area contributed by atoms with Crippen LogP contribution in [0.4, 0.5) is 4.79 Å². The zero-order valence-electron chi connectivity index (χ0n) is 12.1. The molecule has 0 bridgehead atoms. The molecule has 5 heteroatoms. The Morgan fingerprint density at radius 2 is 2.05 bits per heavy atom. The molecule has 1 amide bonds. The van der Waals surface area contributed by atoms with E-state index >= 15 is 0 Å². The molecule has 1 aliphatic heterocycles. The van der Waals surface area contributed by atoms with Crippen LogP contribution in [-0.2, 0) is 0 Å². The van der Waals surface area contributed by atoms with Crippen molar-refractivity contribution in [2.75, 3.05) is 19.6 Å². The van der Waals surface area contributed by atoms with Crippen molar-refractivity contribution in [3.8, 4) is 16.2 Å². The number of amides is 1. The molecule has 2 aromatic rings. The van der Waals surface area contributed by atoms with Crippen molar-refractivity contribution < 1.29 is 9.53 Å². The van der Waals surface area contributed by atoms with Crippen molar-refractivity contribution in [2.45, 2.75) is 0 Å². The van der Waals surface area contributed by atoms with Gasteiger partial charge >= 0.3 is 6.09 Å². The summed E-state index contributed by atoms with van der Waals surface area (Å²) in [6.07, 6.45) is -0.359. The van der Waals surface area contributed by atoms with Crippen LogP contribution in [0.1, 0.15) is 0 Å². The fourth-order valence-electron chi connectivity index (χ4n) is 3.38. The summed E-state index contributed by atoms with van der Waals surface area (Å²) < 4.78 is 5.51. The van der Waals surface area contributed by atoms with E-state index in [-0.39, 0.29) is 6.09 Å². The van der Waals surface area contributed by atoms with E-state index in [0.717, 1.165) is 41.9 Å². The highest BCUT2D eigenvalue weighted by Crippen LogP contribution is 2.48. The monoisotopic (exact) mass is 314 g/mol. The maximum Gasteiger partial charge on any atom is 0.412 e. The number of ether oxygens (including phenoxy) is 1. The van der Waals surface area contributed by atoms with E-state index in [4.69, 9.17) is 4.74 Å². The molecule has 2 unspecified atom stereocenters. The van der Waals surface area contributed by atoms with Crippen LogP contribution in [0, 0.1) is 17.8 Å². The first-order valence-corrected chi connectivity index (χ1v) is 8.50. The van der Waals surface area contributed by atoms with E-state index in [1.165, 1.54) is 0 Å². The van der Waals surface area contributed by atoms with Crippen molar-refractivity contribution in [1.82, 2.24) is 10.6 Å². The number of carbonyl (C=O) groups excluding carboxylic acids is 1. The van der Waals surface area contributed by atoms with Gasteiger partial charge in [0.05, 0.1) is 0 Å². The van der Waals surface area contributed by atoms with Gasteiger partial charge in [0.15, 0.2) is 0 Å². The van der Waals surface area contributed by atoms with Crippen LogP contribution in [0.25, 0.3) is 10.4 Å². The molecule has 4 rings (SSSR count). The van der Waals surface area contributed by atoms with Gasteiger partial charge in [-0.05, 0) is 54.4 Å². The maximum absolute atomic E-state index is 12.0. The third-order valence-corrected chi connectivity index (χ3v) is 5.53. The largest absolute Gasteiger partial charge is 0.412 e. The van der Waals surface area contributed by atoms with Crippen LogP contribution in [0.3, 0.4) is 0 Å². The van der Waals surface area contributed by atoms with Crippen LogP contribution in [0.5, 0.6) is 5.75 Å². The van der Waals surface area contributed by atoms with E-state index in [0.29, 0.717) is 11.7 Å². The molecule has 2 atom stereocenters. The zero-order valence-corrected chi connectivity index (χ0v) is 12.9. The normalized spacial score (nSPS) is 25.5. The number of fused-ring (bicyclic) bond motifs is 1. The molecule has 2 heterocycles. The molecule has 114 valence electrons. The molecule has 2 aliphatic rings. The summed E-state index contributed by atoms with van der Waals surface area (Å²) in [5, 5.41) is 8.29. The average Bonchev–Trinajstić information content (AvgIpc) is 2.98. The zero-order chi connectivity index (χ0) is 14.9. The molecule has 1 aromatic heterocycles. The van der Waals surface area contributed by atoms with E-state index < -0.39 is 0 Å². The summed E-state index contributed by atoms with van der Waals surface area (Å²) in [5.41, 5.74) is 0.958. The van der Waals surface area contributed by atoms with Crippen molar-refractivity contribution in [2.24, 2.45) is 17.8 Å². The Labute approximate surface area is 133 Å². The van der Waals surface area contributed by atoms with Crippen LogP contribution < -0.4 is 15.4 Å². The highest BCUT2D eigenvalue weighted by molar-refractivity contribution is 7.13. The van der Waals surface area contributed by atoms with Crippen molar-refractivity contribution >= 4 is 17.4 Å². The Balaban J connectivity index is 1.38. The predicted molar refractivity (Wildman–Crippen MR) is 87.1 cm³/mol. The van der Waals surface area contributed by atoms with E-state index in [1.807, 2.05) is 41.8 Å². The minimum absolute atomic E-state index is 0.359. The standard InChI is InChI=1S/C17H18N2O2S/c20-17(19-10-14-12-8-18-9-13(12)14)21-15-5-2-1-4-11(15)16-6-3-7-22-16/h1-7,12-14,18H,8-10H2,(H,19,20). The highest BCUT2D eigenvalue weighted by Gasteiger charge is 2.52. The summed E-state index contributed by atoms with van der Waals surface area (Å²) in [6.45, 7) is 2.90. The summed E-state index contributed by atoms with van der Waals surface area (Å²) in [7, 11) is 0. The first kappa shape index (κ1) is 13.8. The number of rotatable bonds is 4. The SMILES string of the molecule is O=C(NCC1C2CNCC21)Oc1ccccc1-c1cccs1. The molecular formula is C17H18N2O2S. The van der Waals surface area contributed by atoms with Gasteiger partial charge in [0.25, 0.3) is 0 Å². The number of hydrogen-bond donors (Lipinski definition) is 2. The fourth-order valence-corrected chi connectivity index (χ4v) is 4.13. The lowest BCUT2D eigenvalue weighted by Crippen LogP contribution is -2.31. The number of thiophene rings is 1. The number of carbonyl (C=O) groups is 1. The van der Waals surface area contributed by atoms with Gasteiger partial charge in [-0.2, -0.15) is 0 Å². The van der Waals surface area contributed by atoms with Gasteiger partial charge in [-0.3, -0.25) is 0 Å². The molecule has 2 fully saturated rings. The predicted octanol–water partition coefficient (Wildman–Crippen LogP) is 2.97. The Hall–Kier alpha value is -1.85. The lowest BCUT2D eigenvalue weighted by Gasteiger charge is -2.10. The summed E-state index contributed by atoms with van der Waals surface area (Å²) in [5.74, 6) is 2.74. The number of para-hydroxylation sites is 1. The van der Waals surface area contributed by atoms with Gasteiger partial charge < -0.3 is 15.4 Å². The third-order valence-electron chi connectivity index (χ3n) is 4.63. The second-order valence-corrected chi connectivity index (χ2v) is 6.84. The molecule has 1 saturated heterocycles. The van der Waals surface area contributed by atoms with Crippen LogP contribution in [0.2, 0.25) is 0 Å². The van der Waals surface area contributed by atoms with Gasteiger partial charge in [0.1, 0.15) is 5.75 Å². The fraction of sp³-hybridized carbons (Fsp3) is 0.353. The Morgan fingerprint density at radius 1 is 1.23 bits per heavy atom. The smallest absolute Gasteiger partial charge is 0.410 e. The Morgan fingerprint density at radius 3 is 2.82 bits per heavy atom. The van der Waals surface area contributed by atoms with Crippen molar-refractivity contribution in [3.05, 3.63) is 41.8 Å². The van der Waals surface area contributed by atoms with E-state index in [9.17, 15) is 4.79 Å². The van der Waals surface area contributed by atoms with Crippen molar-refractivity contribution in [1.29, 1.82) is 0 Å². The molecule has 1 aliphatic carbocycles. The molecule has 1 saturated carbocycles. The molecule has 0 radical (unpaired) electrons. The molecule has 0 spiro atoms. The summed E-state index contributed by atoms with van der Waals surface area (Å²) in [4.78, 5) is 13.1. The quantitative estimate of drug-likeness (QED) is 0.912. The topological polar surface area (TPSA) is 50.4 Å². The van der Waals surface area contributed by atoms with E-state index in [1.54, 1.807) is 11.3 Å². The number of nitrogens with one attached hydrogen (secondary N) is 2. The van der Waals surface area contributed by atoms with E-state index in [2.05, 4.69) is 10.6 Å². The Kier molecular flexibility index (Phi) is 3.60. The number of hydrogen-bond acceptors (Lipinski definition) is 4. The Bertz CT molecular complexity index is 661. The molecular weight excluding hydrogens is 296 g/mol. The highest BCUT2D eigenvalue weighted by atomic mass is 32.1. The van der Waals surface area contributed by atoms with Crippen molar-refractivity contribution in [3.63, 3.8) is 0 Å². The number of benzene rings is 1. The minimum Gasteiger partial charge on any atom is -0.410 e. The molecule has 4 nitrogen and oxygen atoms in total. The lowest BCUT2D eigenvalue weighted by atomic mass is 10.1. The first-order chi connectivity index (χ1) is 10.8. The summed E-state index contributed by atoms with van der Waals surface area (Å²) in [6, 6.07) is 11.7. The second-order valence-electron chi connectivity index (χ2n) is 5.89. The average molecular weight is 314 g/mol. The van der Waals surface area contributed by atoms with Gasteiger partial charge in [0.2, 0.25) is 0 Å². The summed E-state index contributed by atoms with van der Waals surface area (Å²) >= 11 is 1.64. The van der Waals surface area contributed by atoms with Gasteiger partial charge in [0, 0.05) is 17.0 Å². The van der Waals surface area contributed by atoms with Crippen LogP contribution >= 0.6 is 11.3 Å². The molecule has 22 heavy (non-hydrogen) atoms. The number of piperidine rings is 1. The lowest BCUT2D eigenvalue weighted by molar-refractivity contribution is 0.199. The molecule has 1 aromatic carbocycles.